The Kier molecular flexibility index (Phi) is 12.5. The van der Waals surface area contributed by atoms with Gasteiger partial charge in [0.1, 0.15) is 28.9 Å². The van der Waals surface area contributed by atoms with E-state index in [1.165, 1.54) is 12.1 Å². The van der Waals surface area contributed by atoms with Crippen molar-refractivity contribution < 1.29 is 32.8 Å². The van der Waals surface area contributed by atoms with E-state index in [2.05, 4.69) is 51.0 Å². The number of rotatable bonds is 15. The van der Waals surface area contributed by atoms with Gasteiger partial charge >= 0.3 is 0 Å². The highest BCUT2D eigenvalue weighted by atomic mass is 19.1. The lowest BCUT2D eigenvalue weighted by Crippen LogP contribution is -2.54. The number of hydrogen-bond acceptors (Lipinski definition) is 13. The van der Waals surface area contributed by atoms with Crippen LogP contribution in [-0.4, -0.2) is 121 Å². The van der Waals surface area contributed by atoms with Crippen LogP contribution in [0.5, 0.6) is 0 Å². The zero-order chi connectivity index (χ0) is 44.4. The molecule has 3 aromatic heterocycles. The number of nitrogens with zero attached hydrogens (tertiary/aromatic N) is 8. The van der Waals surface area contributed by atoms with E-state index in [1.807, 2.05) is 37.5 Å². The van der Waals surface area contributed by atoms with Crippen LogP contribution in [0.2, 0.25) is 0 Å². The third-order valence-electron chi connectivity index (χ3n) is 11.5. The summed E-state index contributed by atoms with van der Waals surface area (Å²) in [4.78, 5) is 86.1. The number of benzene rings is 2. The fraction of sp³-hybridized carbons (Fsp3) is 0.386. The van der Waals surface area contributed by atoms with Gasteiger partial charge < -0.3 is 25.4 Å². The summed E-state index contributed by atoms with van der Waals surface area (Å²) in [5, 5.41) is 11.1. The van der Waals surface area contributed by atoms with E-state index in [4.69, 9.17) is 0 Å². The van der Waals surface area contributed by atoms with Crippen molar-refractivity contribution in [1.29, 1.82) is 0 Å². The minimum atomic E-state index is -1.07. The molecule has 19 heteroatoms. The molecule has 328 valence electrons. The monoisotopic (exact) mass is 862 g/mol. The molecule has 0 saturated carbocycles. The van der Waals surface area contributed by atoms with Crippen LogP contribution >= 0.6 is 0 Å². The molecule has 63 heavy (non-hydrogen) atoms. The Morgan fingerprint density at radius 2 is 1.71 bits per heavy atom. The normalized spacial score (nSPS) is 17.1. The maximum atomic E-state index is 15.1. The first-order valence-electron chi connectivity index (χ1n) is 21.1. The van der Waals surface area contributed by atoms with Gasteiger partial charge in [-0.2, -0.15) is 0 Å². The molecule has 2 fully saturated rings. The fourth-order valence-electron chi connectivity index (χ4n) is 8.41. The van der Waals surface area contributed by atoms with Crippen molar-refractivity contribution in [3.63, 3.8) is 0 Å². The number of piperidine rings is 1. The molecule has 0 spiro atoms. The van der Waals surface area contributed by atoms with Crippen molar-refractivity contribution in [1.82, 2.24) is 49.8 Å². The van der Waals surface area contributed by atoms with Gasteiger partial charge in [0.2, 0.25) is 23.7 Å². The number of imide groups is 2. The summed E-state index contributed by atoms with van der Waals surface area (Å²) in [5.41, 5.74) is 2.64. The van der Waals surface area contributed by atoms with Crippen molar-refractivity contribution in [3.8, 4) is 11.3 Å². The van der Waals surface area contributed by atoms with Crippen LogP contribution in [0, 0.1) is 18.6 Å². The summed E-state index contributed by atoms with van der Waals surface area (Å²) in [6.07, 6.45) is 4.62. The highest BCUT2D eigenvalue weighted by molar-refractivity contribution is 6.25. The second kappa shape index (κ2) is 18.3. The third kappa shape index (κ3) is 9.24. The van der Waals surface area contributed by atoms with Crippen LogP contribution in [0.4, 0.5) is 26.2 Å². The number of fused-ring (bicyclic) bond motifs is 2. The number of carbonyl (C=O) groups is 5. The second-order valence-electron chi connectivity index (χ2n) is 16.2. The maximum absolute atomic E-state index is 15.1. The number of hydrogen-bond donors (Lipinski definition) is 4. The average molecular weight is 863 g/mol. The Morgan fingerprint density at radius 3 is 2.46 bits per heavy atom. The lowest BCUT2D eigenvalue weighted by molar-refractivity contribution is -0.136. The minimum absolute atomic E-state index is 0.0289. The number of unbranched alkanes of at least 4 members (excludes halogenated alkanes) is 1. The Morgan fingerprint density at radius 1 is 0.921 bits per heavy atom. The number of aromatic nitrogens is 5. The Hall–Kier alpha value is -6.73. The van der Waals surface area contributed by atoms with Crippen LogP contribution in [-0.2, 0) is 20.9 Å². The third-order valence-corrected chi connectivity index (χ3v) is 11.5. The second-order valence-corrected chi connectivity index (χ2v) is 16.2. The lowest BCUT2D eigenvalue weighted by Gasteiger charge is -2.34. The van der Waals surface area contributed by atoms with Gasteiger partial charge in [0.05, 0.1) is 29.4 Å². The van der Waals surface area contributed by atoms with E-state index in [0.717, 1.165) is 68.8 Å². The van der Waals surface area contributed by atoms with Crippen molar-refractivity contribution >= 4 is 58.0 Å². The number of imidazole rings is 1. The SMILES string of the molecule is Cc1nc2c(F)cc(-c3nc(Nc4ccc(CN5CCN(CCCCNC(=O)CNc6cccc7c6C(=O)N(C6CCC(=O)NC6=O)C7=O)CC5)cn4)ncc3F)cc2n1C(C)C. The molecule has 6 heterocycles. The average Bonchev–Trinajstić information content (AvgIpc) is 3.74. The molecule has 3 aliphatic heterocycles. The summed E-state index contributed by atoms with van der Waals surface area (Å²) < 4.78 is 32.1. The van der Waals surface area contributed by atoms with Gasteiger partial charge in [-0.05, 0) is 82.5 Å². The van der Waals surface area contributed by atoms with Gasteiger partial charge in [0.15, 0.2) is 11.6 Å². The molecule has 0 aliphatic carbocycles. The van der Waals surface area contributed by atoms with Crippen LogP contribution in [0.1, 0.15) is 77.7 Å². The molecule has 17 nitrogen and oxygen atoms in total. The Bertz CT molecular complexity index is 2590. The Balaban J connectivity index is 0.744. The summed E-state index contributed by atoms with van der Waals surface area (Å²) in [7, 11) is 0. The van der Waals surface area contributed by atoms with Crippen molar-refractivity contribution in [2.75, 3.05) is 56.4 Å². The van der Waals surface area contributed by atoms with Crippen molar-refractivity contribution in [2.45, 2.75) is 65.1 Å². The Labute approximate surface area is 361 Å². The molecule has 0 radical (unpaired) electrons. The van der Waals surface area contributed by atoms with Crippen LogP contribution in [0.3, 0.4) is 0 Å². The number of halogens is 2. The van der Waals surface area contributed by atoms with Crippen LogP contribution < -0.4 is 21.3 Å². The molecule has 8 rings (SSSR count). The largest absolute Gasteiger partial charge is 0.375 e. The molecule has 2 saturated heterocycles. The number of nitrogens with one attached hydrogen (secondary N) is 4. The standard InChI is InChI=1S/C44H48F2N12O5/c1-25(2)57-26(3)51-40-30(45)19-28(20-34(40)57)39-31(46)22-50-44(54-39)52-35-11-9-27(21-49-35)24-56-17-15-55(16-18-56)14-5-4-13-47-37(60)23-48-32-8-6-7-29-38(32)43(63)58(42(29)62)33-10-12-36(59)53-41(33)61/h6-9,11,19-22,25,33,48H,4-5,10,12-18,23-24H2,1-3H3,(H,47,60)(H,53,59,61)(H,49,50,52,54). The van der Waals surface area contributed by atoms with Gasteiger partial charge in [0, 0.05) is 69.2 Å². The lowest BCUT2D eigenvalue weighted by atomic mass is 10.0. The van der Waals surface area contributed by atoms with Gasteiger partial charge in [0.25, 0.3) is 11.8 Å². The quantitative estimate of drug-likeness (QED) is 0.0858. The van der Waals surface area contributed by atoms with E-state index in [9.17, 15) is 24.0 Å². The molecule has 3 aliphatic rings. The summed E-state index contributed by atoms with van der Waals surface area (Å²) in [6, 6.07) is 10.4. The molecular weight excluding hydrogens is 815 g/mol. The summed E-state index contributed by atoms with van der Waals surface area (Å²) in [6.45, 7) is 11.4. The van der Waals surface area contributed by atoms with Gasteiger partial charge in [-0.15, -0.1) is 0 Å². The van der Waals surface area contributed by atoms with Gasteiger partial charge in [-0.1, -0.05) is 12.1 Å². The fourth-order valence-corrected chi connectivity index (χ4v) is 8.41. The molecular formula is C44H48F2N12O5. The highest BCUT2D eigenvalue weighted by Crippen LogP contribution is 2.33. The first-order valence-corrected chi connectivity index (χ1v) is 21.1. The molecule has 2 aromatic carbocycles. The predicted octanol–water partition coefficient (Wildman–Crippen LogP) is 4.33. The van der Waals surface area contributed by atoms with Crippen molar-refractivity contribution in [2.24, 2.45) is 0 Å². The maximum Gasteiger partial charge on any atom is 0.264 e. The van der Waals surface area contributed by atoms with Gasteiger partial charge in [-0.3, -0.25) is 39.1 Å². The van der Waals surface area contributed by atoms with E-state index in [0.29, 0.717) is 29.4 Å². The highest BCUT2D eigenvalue weighted by Gasteiger charge is 2.45. The molecule has 5 aromatic rings. The summed E-state index contributed by atoms with van der Waals surface area (Å²) >= 11 is 0. The molecule has 1 unspecified atom stereocenters. The zero-order valence-corrected chi connectivity index (χ0v) is 35.2. The van der Waals surface area contributed by atoms with Crippen LogP contribution in [0.15, 0.2) is 54.9 Å². The number of amides is 5. The minimum Gasteiger partial charge on any atom is -0.375 e. The number of piperazine rings is 1. The number of pyridine rings is 1. The summed E-state index contributed by atoms with van der Waals surface area (Å²) in [5.74, 6) is -2.58. The molecule has 5 amide bonds. The first kappa shape index (κ1) is 42.9. The van der Waals surface area contributed by atoms with Crippen molar-refractivity contribution in [3.05, 3.63) is 89.0 Å². The molecule has 0 bridgehead atoms. The first-order chi connectivity index (χ1) is 30.3. The van der Waals surface area contributed by atoms with E-state index in [1.54, 1.807) is 24.4 Å². The van der Waals surface area contributed by atoms with Crippen LogP contribution in [0.25, 0.3) is 22.3 Å². The smallest absolute Gasteiger partial charge is 0.264 e. The molecule has 1 atom stereocenters. The molecule has 4 N–H and O–H groups in total. The predicted molar refractivity (Wildman–Crippen MR) is 229 cm³/mol. The number of carbonyl (C=O) groups excluding carboxylic acids is 5. The number of anilines is 3. The number of aryl methyl sites for hydroxylation is 1. The van der Waals surface area contributed by atoms with E-state index < -0.39 is 41.3 Å². The zero-order valence-electron chi connectivity index (χ0n) is 35.2. The van der Waals surface area contributed by atoms with E-state index in [-0.39, 0.29) is 65.2 Å². The topological polar surface area (TPSA) is 200 Å². The van der Waals surface area contributed by atoms with E-state index >= 15 is 8.78 Å². The van der Waals surface area contributed by atoms with Gasteiger partial charge in [-0.25, -0.2) is 28.7 Å².